The Morgan fingerprint density at radius 2 is 1.95 bits per heavy atom. The number of aliphatic hydroxyl groups is 1. The van der Waals surface area contributed by atoms with Crippen LogP contribution in [0.1, 0.15) is 37.7 Å². The minimum atomic E-state index is -0.764. The molecule has 1 aromatic rings. The second kappa shape index (κ2) is 6.08. The van der Waals surface area contributed by atoms with Gasteiger partial charge < -0.3 is 15.3 Å². The maximum Gasteiger partial charge on any atom is 0.240 e. The number of amides is 2. The second-order valence-electron chi connectivity index (χ2n) is 6.32. The van der Waals surface area contributed by atoms with Crippen LogP contribution in [0.2, 0.25) is 0 Å². The molecule has 2 amide bonds. The Bertz CT molecular complexity index is 579. The van der Waals surface area contributed by atoms with Crippen molar-refractivity contribution in [2.24, 2.45) is 0 Å². The van der Waals surface area contributed by atoms with Crippen molar-refractivity contribution in [3.8, 4) is 0 Å². The molecule has 0 spiro atoms. The largest absolute Gasteiger partial charge is 0.388 e. The summed E-state index contributed by atoms with van der Waals surface area (Å²) < 4.78 is 0. The number of para-hydroxylation sites is 1. The number of benzene rings is 1. The van der Waals surface area contributed by atoms with Crippen LogP contribution in [0.25, 0.3) is 0 Å². The molecule has 118 valence electrons. The molecular weight excluding hydrogens is 280 g/mol. The number of hydrogen-bond acceptors (Lipinski definition) is 3. The van der Waals surface area contributed by atoms with E-state index in [2.05, 4.69) is 5.32 Å². The lowest BCUT2D eigenvalue weighted by Gasteiger charge is -2.29. The number of aryl methyl sites for hydroxylation is 1. The predicted octanol–water partition coefficient (Wildman–Crippen LogP) is 1.39. The zero-order valence-corrected chi connectivity index (χ0v) is 12.7. The van der Waals surface area contributed by atoms with Gasteiger partial charge in [0.1, 0.15) is 6.54 Å². The maximum absolute atomic E-state index is 12.1. The van der Waals surface area contributed by atoms with Gasteiger partial charge in [0, 0.05) is 18.7 Å². The van der Waals surface area contributed by atoms with E-state index in [1.165, 1.54) is 0 Å². The van der Waals surface area contributed by atoms with Gasteiger partial charge >= 0.3 is 0 Å². The van der Waals surface area contributed by atoms with Gasteiger partial charge in [-0.1, -0.05) is 31.0 Å². The first-order valence-corrected chi connectivity index (χ1v) is 7.95. The molecule has 1 aliphatic heterocycles. The fourth-order valence-electron chi connectivity index (χ4n) is 3.34. The quantitative estimate of drug-likeness (QED) is 0.883. The molecule has 1 aromatic carbocycles. The molecule has 0 unspecified atom stereocenters. The van der Waals surface area contributed by atoms with Gasteiger partial charge in [-0.15, -0.1) is 0 Å². The van der Waals surface area contributed by atoms with Crippen molar-refractivity contribution >= 4 is 17.5 Å². The second-order valence-corrected chi connectivity index (χ2v) is 6.32. The highest BCUT2D eigenvalue weighted by molar-refractivity contribution is 6.01. The van der Waals surface area contributed by atoms with E-state index < -0.39 is 5.60 Å². The standard InChI is InChI=1S/C17H22N2O3/c20-15(18-12-17(22)9-3-4-10-17)11-19-14-6-2-1-5-13(14)7-8-16(19)21/h1-2,5-6,22H,3-4,7-12H2,(H,18,20). The van der Waals surface area contributed by atoms with E-state index in [1.807, 2.05) is 24.3 Å². The van der Waals surface area contributed by atoms with Gasteiger partial charge in [0.15, 0.2) is 0 Å². The summed E-state index contributed by atoms with van der Waals surface area (Å²) in [4.78, 5) is 25.8. The minimum Gasteiger partial charge on any atom is -0.388 e. The normalized spacial score (nSPS) is 19.9. The summed E-state index contributed by atoms with van der Waals surface area (Å²) >= 11 is 0. The highest BCUT2D eigenvalue weighted by Gasteiger charge is 2.32. The van der Waals surface area contributed by atoms with Crippen LogP contribution in [0, 0.1) is 0 Å². The number of nitrogens with zero attached hydrogens (tertiary/aromatic N) is 1. The van der Waals surface area contributed by atoms with Crippen LogP contribution < -0.4 is 10.2 Å². The third-order valence-corrected chi connectivity index (χ3v) is 4.64. The Labute approximate surface area is 130 Å². The summed E-state index contributed by atoms with van der Waals surface area (Å²) in [6.45, 7) is 0.293. The van der Waals surface area contributed by atoms with Crippen molar-refractivity contribution < 1.29 is 14.7 Å². The average molecular weight is 302 g/mol. The van der Waals surface area contributed by atoms with Crippen LogP contribution in [0.5, 0.6) is 0 Å². The predicted molar refractivity (Wildman–Crippen MR) is 83.5 cm³/mol. The van der Waals surface area contributed by atoms with E-state index in [9.17, 15) is 14.7 Å². The fraction of sp³-hybridized carbons (Fsp3) is 0.529. The molecule has 0 saturated heterocycles. The van der Waals surface area contributed by atoms with Gasteiger partial charge in [-0.3, -0.25) is 9.59 Å². The van der Waals surface area contributed by atoms with Crippen LogP contribution >= 0.6 is 0 Å². The molecule has 5 heteroatoms. The van der Waals surface area contributed by atoms with Crippen LogP contribution in [-0.4, -0.2) is 35.6 Å². The number of fused-ring (bicyclic) bond motifs is 1. The molecule has 0 atom stereocenters. The molecule has 0 radical (unpaired) electrons. The first-order valence-electron chi connectivity index (χ1n) is 7.95. The molecule has 22 heavy (non-hydrogen) atoms. The SMILES string of the molecule is O=C(CN1C(=O)CCc2ccccc21)NCC1(O)CCCC1. The third-order valence-electron chi connectivity index (χ3n) is 4.64. The average Bonchev–Trinajstić information content (AvgIpc) is 2.95. The molecular formula is C17H22N2O3. The van der Waals surface area contributed by atoms with Crippen molar-refractivity contribution in [2.75, 3.05) is 18.0 Å². The zero-order valence-electron chi connectivity index (χ0n) is 12.7. The monoisotopic (exact) mass is 302 g/mol. The number of rotatable bonds is 4. The Balaban J connectivity index is 1.62. The first kappa shape index (κ1) is 15.0. The Morgan fingerprint density at radius 1 is 1.23 bits per heavy atom. The van der Waals surface area contributed by atoms with Crippen molar-refractivity contribution in [3.05, 3.63) is 29.8 Å². The molecule has 1 aliphatic carbocycles. The van der Waals surface area contributed by atoms with Gasteiger partial charge in [-0.2, -0.15) is 0 Å². The van der Waals surface area contributed by atoms with Gasteiger partial charge in [0.2, 0.25) is 11.8 Å². The molecule has 2 aliphatic rings. The number of carbonyl (C=O) groups excluding carboxylic acids is 2. The molecule has 1 saturated carbocycles. The number of nitrogens with one attached hydrogen (secondary N) is 1. The summed E-state index contributed by atoms with van der Waals surface area (Å²) in [5, 5.41) is 13.0. The molecule has 0 bridgehead atoms. The van der Waals surface area contributed by atoms with Crippen LogP contribution in [0.15, 0.2) is 24.3 Å². The summed E-state index contributed by atoms with van der Waals surface area (Å²) in [6.07, 6.45) is 4.65. The molecule has 1 heterocycles. The van der Waals surface area contributed by atoms with Crippen molar-refractivity contribution in [3.63, 3.8) is 0 Å². The van der Waals surface area contributed by atoms with E-state index >= 15 is 0 Å². The molecule has 3 rings (SSSR count). The van der Waals surface area contributed by atoms with Gasteiger partial charge in [0.25, 0.3) is 0 Å². The van der Waals surface area contributed by atoms with Crippen LogP contribution in [0.3, 0.4) is 0 Å². The summed E-state index contributed by atoms with van der Waals surface area (Å²) in [5.41, 5.74) is 1.16. The number of hydrogen-bond donors (Lipinski definition) is 2. The van der Waals surface area contributed by atoms with Crippen molar-refractivity contribution in [2.45, 2.75) is 44.1 Å². The highest BCUT2D eigenvalue weighted by atomic mass is 16.3. The summed E-state index contributed by atoms with van der Waals surface area (Å²) in [7, 11) is 0. The molecule has 1 fully saturated rings. The third kappa shape index (κ3) is 3.14. The van der Waals surface area contributed by atoms with E-state index in [-0.39, 0.29) is 24.9 Å². The topological polar surface area (TPSA) is 69.6 Å². The summed E-state index contributed by atoms with van der Waals surface area (Å²) in [5.74, 6) is -0.237. The van der Waals surface area contributed by atoms with Crippen molar-refractivity contribution in [1.82, 2.24) is 5.32 Å². The van der Waals surface area contributed by atoms with Crippen LogP contribution in [-0.2, 0) is 16.0 Å². The Hall–Kier alpha value is -1.88. The van der Waals surface area contributed by atoms with Gasteiger partial charge in [0.05, 0.1) is 5.60 Å². The molecule has 0 aromatic heterocycles. The molecule has 5 nitrogen and oxygen atoms in total. The van der Waals surface area contributed by atoms with Gasteiger partial charge in [-0.25, -0.2) is 0 Å². The van der Waals surface area contributed by atoms with E-state index in [0.717, 1.165) is 43.4 Å². The Morgan fingerprint density at radius 3 is 2.73 bits per heavy atom. The maximum atomic E-state index is 12.1. The Kier molecular flexibility index (Phi) is 4.16. The van der Waals surface area contributed by atoms with E-state index in [1.54, 1.807) is 4.90 Å². The van der Waals surface area contributed by atoms with E-state index in [0.29, 0.717) is 6.42 Å². The number of carbonyl (C=O) groups is 2. The van der Waals surface area contributed by atoms with Gasteiger partial charge in [-0.05, 0) is 30.9 Å². The van der Waals surface area contributed by atoms with Crippen molar-refractivity contribution in [1.29, 1.82) is 0 Å². The molecule has 2 N–H and O–H groups in total. The lowest BCUT2D eigenvalue weighted by Crippen LogP contribution is -2.47. The number of anilines is 1. The van der Waals surface area contributed by atoms with Crippen LogP contribution in [0.4, 0.5) is 5.69 Å². The first-order chi connectivity index (χ1) is 10.6. The zero-order chi connectivity index (χ0) is 15.6. The van der Waals surface area contributed by atoms with E-state index in [4.69, 9.17) is 0 Å². The fourth-order valence-corrected chi connectivity index (χ4v) is 3.34. The highest BCUT2D eigenvalue weighted by Crippen LogP contribution is 2.29. The smallest absolute Gasteiger partial charge is 0.240 e. The minimum absolute atomic E-state index is 0.0198. The lowest BCUT2D eigenvalue weighted by molar-refractivity contribution is -0.124. The summed E-state index contributed by atoms with van der Waals surface area (Å²) in [6, 6.07) is 7.70. The lowest BCUT2D eigenvalue weighted by atomic mass is 10.0.